The average molecular weight is 212 g/mol. The molecule has 3 heteroatoms. The van der Waals surface area contributed by atoms with E-state index in [1.165, 1.54) is 0 Å². The van der Waals surface area contributed by atoms with Crippen LogP contribution in [0.2, 0.25) is 0 Å². The van der Waals surface area contributed by atoms with Gasteiger partial charge in [0.25, 0.3) is 0 Å². The van der Waals surface area contributed by atoms with E-state index >= 15 is 0 Å². The predicted molar refractivity (Wildman–Crippen MR) is 64.1 cm³/mol. The second-order valence-corrected chi connectivity index (χ2v) is 3.42. The summed E-state index contributed by atoms with van der Waals surface area (Å²) in [4.78, 5) is 12.0. The van der Waals surface area contributed by atoms with Gasteiger partial charge in [0, 0.05) is 16.8 Å². The third-order valence-corrected chi connectivity index (χ3v) is 2.35. The van der Waals surface area contributed by atoms with E-state index in [9.17, 15) is 4.79 Å². The number of hydrogen-bond acceptors (Lipinski definition) is 3. The van der Waals surface area contributed by atoms with Crippen LogP contribution in [0.15, 0.2) is 54.6 Å². The molecule has 80 valence electrons. The van der Waals surface area contributed by atoms with E-state index in [2.05, 4.69) is 5.43 Å². The van der Waals surface area contributed by atoms with Crippen LogP contribution >= 0.6 is 0 Å². The Labute approximate surface area is 93.9 Å². The molecule has 0 heterocycles. The van der Waals surface area contributed by atoms with E-state index in [-0.39, 0.29) is 5.78 Å². The Morgan fingerprint density at radius 1 is 0.875 bits per heavy atom. The molecule has 0 amide bonds. The molecule has 0 unspecified atom stereocenters. The molecule has 0 fully saturated rings. The average Bonchev–Trinajstić information content (AvgIpc) is 2.39. The van der Waals surface area contributed by atoms with E-state index in [0.29, 0.717) is 11.1 Å². The van der Waals surface area contributed by atoms with Crippen LogP contribution in [0.3, 0.4) is 0 Å². The lowest BCUT2D eigenvalue weighted by atomic mass is 10.0. The second kappa shape index (κ2) is 4.59. The topological polar surface area (TPSA) is 55.1 Å². The highest BCUT2D eigenvalue weighted by Gasteiger charge is 2.07. The van der Waals surface area contributed by atoms with E-state index in [1.54, 1.807) is 36.4 Å². The van der Waals surface area contributed by atoms with Crippen molar-refractivity contribution in [3.63, 3.8) is 0 Å². The number of carbonyl (C=O) groups is 1. The predicted octanol–water partition coefficient (Wildman–Crippen LogP) is 2.20. The normalized spacial score (nSPS) is 9.81. The first-order valence-electron chi connectivity index (χ1n) is 4.97. The van der Waals surface area contributed by atoms with Crippen molar-refractivity contribution in [2.45, 2.75) is 0 Å². The smallest absolute Gasteiger partial charge is 0.193 e. The van der Waals surface area contributed by atoms with Crippen molar-refractivity contribution in [1.29, 1.82) is 0 Å². The molecule has 0 aliphatic carbocycles. The molecule has 0 aliphatic rings. The number of ketones is 1. The molecular formula is C13H12N2O. The highest BCUT2D eigenvalue weighted by Crippen LogP contribution is 2.12. The molecule has 0 radical (unpaired) electrons. The number of carbonyl (C=O) groups excluding carboxylic acids is 1. The van der Waals surface area contributed by atoms with Gasteiger partial charge in [-0.3, -0.25) is 10.6 Å². The fraction of sp³-hybridized carbons (Fsp3) is 0. The number of benzene rings is 2. The minimum Gasteiger partial charge on any atom is -0.324 e. The van der Waals surface area contributed by atoms with Gasteiger partial charge in [-0.25, -0.2) is 0 Å². The van der Waals surface area contributed by atoms with Crippen molar-refractivity contribution in [1.82, 2.24) is 0 Å². The summed E-state index contributed by atoms with van der Waals surface area (Å²) in [5, 5.41) is 0. The molecule has 16 heavy (non-hydrogen) atoms. The summed E-state index contributed by atoms with van der Waals surface area (Å²) in [6, 6.07) is 16.3. The number of hydrazine groups is 1. The Morgan fingerprint density at radius 2 is 1.44 bits per heavy atom. The molecule has 0 saturated heterocycles. The first-order chi connectivity index (χ1) is 7.81. The summed E-state index contributed by atoms with van der Waals surface area (Å²) in [6.07, 6.45) is 0. The summed E-state index contributed by atoms with van der Waals surface area (Å²) in [5.74, 6) is 5.27. The van der Waals surface area contributed by atoms with Gasteiger partial charge in [-0.1, -0.05) is 30.3 Å². The van der Waals surface area contributed by atoms with Crippen LogP contribution in [0.25, 0.3) is 0 Å². The zero-order valence-electron chi connectivity index (χ0n) is 8.68. The number of rotatable bonds is 3. The summed E-state index contributed by atoms with van der Waals surface area (Å²) in [6.45, 7) is 0. The number of nitrogens with two attached hydrogens (primary N) is 1. The lowest BCUT2D eigenvalue weighted by Crippen LogP contribution is -2.07. The lowest BCUT2D eigenvalue weighted by molar-refractivity contribution is 0.103. The van der Waals surface area contributed by atoms with Crippen molar-refractivity contribution in [2.75, 3.05) is 5.43 Å². The van der Waals surface area contributed by atoms with Crippen LogP contribution in [0.5, 0.6) is 0 Å². The molecule has 0 saturated carbocycles. The quantitative estimate of drug-likeness (QED) is 0.466. The molecule has 2 aromatic rings. The van der Waals surface area contributed by atoms with E-state index in [4.69, 9.17) is 5.84 Å². The maximum Gasteiger partial charge on any atom is 0.193 e. The Morgan fingerprint density at radius 3 is 2.00 bits per heavy atom. The minimum atomic E-state index is 0.0178. The SMILES string of the molecule is NNc1ccc(C(=O)c2ccccc2)cc1. The van der Waals surface area contributed by atoms with Gasteiger partial charge in [-0.2, -0.15) is 0 Å². The first kappa shape index (κ1) is 10.4. The summed E-state index contributed by atoms with van der Waals surface area (Å²) >= 11 is 0. The van der Waals surface area contributed by atoms with Crippen LogP contribution < -0.4 is 11.3 Å². The standard InChI is InChI=1S/C13H12N2O/c14-15-12-8-6-11(7-9-12)13(16)10-4-2-1-3-5-10/h1-9,15H,14H2. The fourth-order valence-electron chi connectivity index (χ4n) is 1.47. The number of anilines is 1. The molecule has 0 aromatic heterocycles. The third-order valence-electron chi connectivity index (χ3n) is 2.35. The van der Waals surface area contributed by atoms with Crippen molar-refractivity contribution in [2.24, 2.45) is 5.84 Å². The lowest BCUT2D eigenvalue weighted by Gasteiger charge is -2.03. The van der Waals surface area contributed by atoms with Crippen molar-refractivity contribution in [3.05, 3.63) is 65.7 Å². The summed E-state index contributed by atoms with van der Waals surface area (Å²) in [5.41, 5.74) is 4.65. The highest BCUT2D eigenvalue weighted by molar-refractivity contribution is 6.09. The zero-order chi connectivity index (χ0) is 11.4. The molecule has 0 spiro atoms. The Hall–Kier alpha value is -2.13. The largest absolute Gasteiger partial charge is 0.324 e. The Balaban J connectivity index is 2.28. The second-order valence-electron chi connectivity index (χ2n) is 3.42. The maximum atomic E-state index is 12.0. The number of hydrogen-bond donors (Lipinski definition) is 2. The van der Waals surface area contributed by atoms with Gasteiger partial charge in [0.15, 0.2) is 5.78 Å². The minimum absolute atomic E-state index is 0.0178. The molecule has 3 N–H and O–H groups in total. The summed E-state index contributed by atoms with van der Waals surface area (Å²) < 4.78 is 0. The zero-order valence-corrected chi connectivity index (χ0v) is 8.68. The molecule has 0 atom stereocenters. The highest BCUT2D eigenvalue weighted by atomic mass is 16.1. The number of nitrogen functional groups attached to an aromatic ring is 1. The Bertz CT molecular complexity index is 477. The van der Waals surface area contributed by atoms with Crippen LogP contribution in [0, 0.1) is 0 Å². The molecule has 0 bridgehead atoms. The molecular weight excluding hydrogens is 200 g/mol. The maximum absolute atomic E-state index is 12.0. The van der Waals surface area contributed by atoms with Crippen molar-refractivity contribution < 1.29 is 4.79 Å². The van der Waals surface area contributed by atoms with Gasteiger partial charge in [-0.15, -0.1) is 0 Å². The van der Waals surface area contributed by atoms with Gasteiger partial charge < -0.3 is 5.43 Å². The van der Waals surface area contributed by atoms with Crippen molar-refractivity contribution >= 4 is 11.5 Å². The van der Waals surface area contributed by atoms with Crippen LogP contribution in [0.1, 0.15) is 15.9 Å². The fourth-order valence-corrected chi connectivity index (χ4v) is 1.47. The molecule has 0 aliphatic heterocycles. The van der Waals surface area contributed by atoms with Crippen LogP contribution in [-0.2, 0) is 0 Å². The van der Waals surface area contributed by atoms with Crippen molar-refractivity contribution in [3.8, 4) is 0 Å². The van der Waals surface area contributed by atoms with Gasteiger partial charge in [0.05, 0.1) is 0 Å². The molecule has 2 aromatic carbocycles. The first-order valence-corrected chi connectivity index (χ1v) is 4.97. The third kappa shape index (κ3) is 2.10. The monoisotopic (exact) mass is 212 g/mol. The van der Waals surface area contributed by atoms with Crippen LogP contribution in [-0.4, -0.2) is 5.78 Å². The van der Waals surface area contributed by atoms with Gasteiger partial charge >= 0.3 is 0 Å². The Kier molecular flexibility index (Phi) is 2.98. The van der Waals surface area contributed by atoms with Gasteiger partial charge in [0.2, 0.25) is 0 Å². The molecule has 3 nitrogen and oxygen atoms in total. The molecule has 2 rings (SSSR count). The number of nitrogens with one attached hydrogen (secondary N) is 1. The van der Waals surface area contributed by atoms with E-state index in [1.807, 2.05) is 18.2 Å². The van der Waals surface area contributed by atoms with Gasteiger partial charge in [0.1, 0.15) is 0 Å². The van der Waals surface area contributed by atoms with Crippen LogP contribution in [0.4, 0.5) is 5.69 Å². The summed E-state index contributed by atoms with van der Waals surface area (Å²) in [7, 11) is 0. The van der Waals surface area contributed by atoms with E-state index in [0.717, 1.165) is 5.69 Å². The van der Waals surface area contributed by atoms with Gasteiger partial charge in [-0.05, 0) is 24.3 Å². The van der Waals surface area contributed by atoms with E-state index < -0.39 is 0 Å².